The molecule has 0 heterocycles. The van der Waals surface area contributed by atoms with Crippen molar-refractivity contribution in [3.63, 3.8) is 0 Å². The van der Waals surface area contributed by atoms with Crippen LogP contribution < -0.4 is 16.4 Å². The van der Waals surface area contributed by atoms with Gasteiger partial charge in [0.1, 0.15) is 11.6 Å². The van der Waals surface area contributed by atoms with Gasteiger partial charge in [0.15, 0.2) is 0 Å². The number of rotatable bonds is 5. The Hall–Kier alpha value is -1.79. The van der Waals surface area contributed by atoms with Crippen LogP contribution in [-0.2, 0) is 9.59 Å². The van der Waals surface area contributed by atoms with Crippen molar-refractivity contribution in [1.82, 2.24) is 10.6 Å². The maximum Gasteiger partial charge on any atom is 0.329 e. The molecule has 7 nitrogen and oxygen atoms in total. The highest BCUT2D eigenvalue weighted by molar-refractivity contribution is 5.91. The van der Waals surface area contributed by atoms with Crippen molar-refractivity contribution in [2.75, 3.05) is 0 Å². The molecule has 2 atom stereocenters. The Balaban J connectivity index is 4.53. The Bertz CT molecular complexity index is 305. The third-order valence-corrected chi connectivity index (χ3v) is 2.33. The number of carbonyl (C=O) groups excluding carboxylic acids is 2. The van der Waals surface area contributed by atoms with Gasteiger partial charge >= 0.3 is 12.0 Å². The maximum atomic E-state index is 11.5. The smallest absolute Gasteiger partial charge is 0.329 e. The molecule has 0 rings (SSSR count). The van der Waals surface area contributed by atoms with E-state index in [1.807, 2.05) is 0 Å². The number of primary amides is 1. The van der Waals surface area contributed by atoms with Crippen molar-refractivity contribution in [2.24, 2.45) is 5.73 Å². The van der Waals surface area contributed by atoms with E-state index in [-0.39, 0.29) is 6.42 Å². The van der Waals surface area contributed by atoms with E-state index in [4.69, 9.17) is 10.8 Å². The van der Waals surface area contributed by atoms with Crippen molar-refractivity contribution in [3.8, 4) is 0 Å². The summed E-state index contributed by atoms with van der Waals surface area (Å²) < 4.78 is 0. The van der Waals surface area contributed by atoms with Crippen molar-refractivity contribution >= 4 is 17.9 Å². The number of hydrogen-bond donors (Lipinski definition) is 4. The fraction of sp³-hybridized carbons (Fsp3) is 0.667. The highest BCUT2D eigenvalue weighted by atomic mass is 16.4. The number of nitrogens with two attached hydrogens (primary N) is 1. The number of carboxylic acid groups (broad SMARTS) is 1. The summed E-state index contributed by atoms with van der Waals surface area (Å²) in [5, 5.41) is 13.4. The standard InChI is InChI=1S/C9H17N3O4/c1-4-9(3,7(14)15)12-6(13)5(2)11-8(10)16/h5H,4H2,1-3H3,(H,12,13)(H,14,15)(H3,10,11,16). The number of carboxylic acids is 1. The highest BCUT2D eigenvalue weighted by Crippen LogP contribution is 2.09. The molecule has 0 fully saturated rings. The molecule has 0 aromatic rings. The van der Waals surface area contributed by atoms with Gasteiger partial charge in [-0.3, -0.25) is 4.79 Å². The molecule has 92 valence electrons. The topological polar surface area (TPSA) is 122 Å². The molecule has 5 N–H and O–H groups in total. The Morgan fingerprint density at radius 2 is 1.94 bits per heavy atom. The molecule has 0 aliphatic heterocycles. The first-order valence-electron chi connectivity index (χ1n) is 4.84. The zero-order valence-electron chi connectivity index (χ0n) is 9.53. The molecule has 0 saturated carbocycles. The summed E-state index contributed by atoms with van der Waals surface area (Å²) in [7, 11) is 0. The van der Waals surface area contributed by atoms with E-state index >= 15 is 0 Å². The molecular weight excluding hydrogens is 214 g/mol. The van der Waals surface area contributed by atoms with Gasteiger partial charge in [0.2, 0.25) is 5.91 Å². The summed E-state index contributed by atoms with van der Waals surface area (Å²) >= 11 is 0. The molecule has 2 unspecified atom stereocenters. The van der Waals surface area contributed by atoms with E-state index in [1.165, 1.54) is 13.8 Å². The summed E-state index contributed by atoms with van der Waals surface area (Å²) in [6.07, 6.45) is 0.233. The zero-order valence-corrected chi connectivity index (χ0v) is 9.53. The van der Waals surface area contributed by atoms with Crippen LogP contribution in [0.3, 0.4) is 0 Å². The predicted molar refractivity (Wildman–Crippen MR) is 56.7 cm³/mol. The van der Waals surface area contributed by atoms with Crippen LogP contribution in [0.4, 0.5) is 4.79 Å². The number of aliphatic carboxylic acids is 1. The Labute approximate surface area is 93.4 Å². The van der Waals surface area contributed by atoms with Crippen LogP contribution in [0.1, 0.15) is 27.2 Å². The highest BCUT2D eigenvalue weighted by Gasteiger charge is 2.34. The van der Waals surface area contributed by atoms with Crippen LogP contribution in [0.15, 0.2) is 0 Å². The van der Waals surface area contributed by atoms with E-state index in [1.54, 1.807) is 6.92 Å². The molecule has 0 saturated heterocycles. The molecule has 0 aliphatic carbocycles. The minimum Gasteiger partial charge on any atom is -0.480 e. The second-order valence-electron chi connectivity index (χ2n) is 3.71. The largest absolute Gasteiger partial charge is 0.480 e. The fourth-order valence-electron chi connectivity index (χ4n) is 0.952. The summed E-state index contributed by atoms with van der Waals surface area (Å²) in [5.41, 5.74) is 3.50. The number of carbonyl (C=O) groups is 3. The Morgan fingerprint density at radius 1 is 1.44 bits per heavy atom. The van der Waals surface area contributed by atoms with Crippen LogP contribution in [0.25, 0.3) is 0 Å². The first kappa shape index (κ1) is 14.2. The van der Waals surface area contributed by atoms with Gasteiger partial charge in [-0.2, -0.15) is 0 Å². The van der Waals surface area contributed by atoms with Gasteiger partial charge in [0, 0.05) is 0 Å². The van der Waals surface area contributed by atoms with Gasteiger partial charge in [0.05, 0.1) is 0 Å². The summed E-state index contributed by atoms with van der Waals surface area (Å²) in [6, 6.07) is -1.71. The minimum absolute atomic E-state index is 0.233. The average Bonchev–Trinajstić information content (AvgIpc) is 2.16. The summed E-state index contributed by atoms with van der Waals surface area (Å²) in [4.78, 5) is 32.9. The van der Waals surface area contributed by atoms with E-state index in [0.29, 0.717) is 0 Å². The van der Waals surface area contributed by atoms with Crippen LogP contribution in [0, 0.1) is 0 Å². The predicted octanol–water partition coefficient (Wildman–Crippen LogP) is -0.587. The zero-order chi connectivity index (χ0) is 12.9. The third kappa shape index (κ3) is 3.76. The van der Waals surface area contributed by atoms with E-state index in [0.717, 1.165) is 0 Å². The Kier molecular flexibility index (Phi) is 4.74. The Morgan fingerprint density at radius 3 is 2.25 bits per heavy atom. The van der Waals surface area contributed by atoms with Gasteiger partial charge in [-0.05, 0) is 20.3 Å². The molecule has 0 aromatic heterocycles. The lowest BCUT2D eigenvalue weighted by molar-refractivity contribution is -0.147. The monoisotopic (exact) mass is 231 g/mol. The second-order valence-corrected chi connectivity index (χ2v) is 3.71. The number of nitrogens with one attached hydrogen (secondary N) is 2. The molecule has 0 aromatic carbocycles. The van der Waals surface area contributed by atoms with Crippen LogP contribution in [0.5, 0.6) is 0 Å². The number of amides is 3. The average molecular weight is 231 g/mol. The van der Waals surface area contributed by atoms with Crippen LogP contribution >= 0.6 is 0 Å². The second kappa shape index (κ2) is 5.34. The first-order chi connectivity index (χ1) is 7.23. The number of hydrogen-bond acceptors (Lipinski definition) is 3. The van der Waals surface area contributed by atoms with Gasteiger partial charge in [-0.25, -0.2) is 9.59 Å². The van der Waals surface area contributed by atoms with Gasteiger partial charge < -0.3 is 21.5 Å². The van der Waals surface area contributed by atoms with Crippen molar-refractivity contribution < 1.29 is 19.5 Å². The van der Waals surface area contributed by atoms with Crippen LogP contribution in [-0.4, -0.2) is 34.6 Å². The van der Waals surface area contributed by atoms with Crippen molar-refractivity contribution in [2.45, 2.75) is 38.8 Å². The third-order valence-electron chi connectivity index (χ3n) is 2.33. The van der Waals surface area contributed by atoms with Crippen LogP contribution in [0.2, 0.25) is 0 Å². The van der Waals surface area contributed by atoms with Crippen molar-refractivity contribution in [3.05, 3.63) is 0 Å². The quantitative estimate of drug-likeness (QED) is 0.505. The van der Waals surface area contributed by atoms with Gasteiger partial charge in [-0.1, -0.05) is 6.92 Å². The number of urea groups is 1. The molecule has 0 bridgehead atoms. The first-order valence-corrected chi connectivity index (χ1v) is 4.84. The van der Waals surface area contributed by atoms with Gasteiger partial charge in [-0.15, -0.1) is 0 Å². The lowest BCUT2D eigenvalue weighted by Gasteiger charge is -2.26. The summed E-state index contributed by atoms with van der Waals surface area (Å²) in [6.45, 7) is 4.45. The lowest BCUT2D eigenvalue weighted by atomic mass is 9.99. The lowest BCUT2D eigenvalue weighted by Crippen LogP contribution is -2.57. The molecule has 0 radical (unpaired) electrons. The molecule has 16 heavy (non-hydrogen) atoms. The summed E-state index contributed by atoms with van der Waals surface area (Å²) in [5.74, 6) is -1.72. The molecule has 3 amide bonds. The SMILES string of the molecule is CCC(C)(NC(=O)C(C)NC(N)=O)C(=O)O. The van der Waals surface area contributed by atoms with E-state index < -0.39 is 29.5 Å². The molecule has 0 aliphatic rings. The fourth-order valence-corrected chi connectivity index (χ4v) is 0.952. The van der Waals surface area contributed by atoms with E-state index in [2.05, 4.69) is 10.6 Å². The molecule has 7 heteroatoms. The molecule has 0 spiro atoms. The minimum atomic E-state index is -1.34. The maximum absolute atomic E-state index is 11.5. The molecular formula is C9H17N3O4. The normalized spacial score (nSPS) is 15.7. The van der Waals surface area contributed by atoms with Crippen molar-refractivity contribution in [1.29, 1.82) is 0 Å². The van der Waals surface area contributed by atoms with Gasteiger partial charge in [0.25, 0.3) is 0 Å². The van der Waals surface area contributed by atoms with E-state index in [9.17, 15) is 14.4 Å².